The van der Waals surface area contributed by atoms with Crippen molar-refractivity contribution in [2.24, 2.45) is 0 Å². The molecule has 11 heteroatoms. The summed E-state index contributed by atoms with van der Waals surface area (Å²) in [6.45, 7) is 1.85. The molecule has 2 aromatic rings. The summed E-state index contributed by atoms with van der Waals surface area (Å²) in [5, 5.41) is 3.12. The van der Waals surface area contributed by atoms with E-state index in [1.807, 2.05) is 0 Å². The number of hydrogen-bond donors (Lipinski definition) is 1. The van der Waals surface area contributed by atoms with Crippen molar-refractivity contribution in [1.82, 2.24) is 9.80 Å². The molecule has 0 radical (unpaired) electrons. The van der Waals surface area contributed by atoms with E-state index in [4.69, 9.17) is 9.47 Å². The molecule has 3 atom stereocenters. The fourth-order valence-corrected chi connectivity index (χ4v) is 5.68. The van der Waals surface area contributed by atoms with Crippen LogP contribution < -0.4 is 14.8 Å². The van der Waals surface area contributed by atoms with Crippen molar-refractivity contribution in [2.45, 2.75) is 50.5 Å². The number of benzene rings is 2. The van der Waals surface area contributed by atoms with Gasteiger partial charge in [-0.15, -0.1) is 0 Å². The molecule has 1 saturated heterocycles. The van der Waals surface area contributed by atoms with E-state index in [-0.39, 0.29) is 24.9 Å². The summed E-state index contributed by atoms with van der Waals surface area (Å²) < 4.78 is 95.3. The largest absolute Gasteiger partial charge is 0.454 e. The Balaban J connectivity index is 1.48. The zero-order valence-electron chi connectivity index (χ0n) is 20.4. The Morgan fingerprint density at radius 1 is 1.05 bits per heavy atom. The van der Waals surface area contributed by atoms with Crippen molar-refractivity contribution in [1.29, 1.82) is 0 Å². The maximum absolute atomic E-state index is 15.6. The van der Waals surface area contributed by atoms with Gasteiger partial charge >= 0.3 is 6.18 Å². The second-order valence-electron chi connectivity index (χ2n) is 9.97. The predicted octanol–water partition coefficient (Wildman–Crippen LogP) is 5.44. The van der Waals surface area contributed by atoms with Crippen LogP contribution in [0.5, 0.6) is 11.5 Å². The molecule has 2 aromatic carbocycles. The molecule has 0 saturated carbocycles. The minimum absolute atomic E-state index is 0.0276. The topological polar surface area (TPSA) is 37.0 Å². The zero-order valence-corrected chi connectivity index (χ0v) is 20.4. The number of halogens is 6. The monoisotopic (exact) mass is 529 g/mol. The van der Waals surface area contributed by atoms with Crippen molar-refractivity contribution >= 4 is 5.69 Å². The standard InChI is InChI=1S/C26H29F6N3O2/c1-15-7-16-8-22-23(37-14-36-22)11-19(16)25(35(15)13-26(30,31)32)24-20(28)9-18(10-21(24)29)33-17-3-6-34(12-17)5-2-4-27/h8-11,15,17,25,33H,2-7,12-14H2,1H3/t15-,17?,25+/m1/s1. The van der Waals surface area contributed by atoms with Crippen molar-refractivity contribution < 1.29 is 35.8 Å². The molecule has 3 aliphatic heterocycles. The molecule has 202 valence electrons. The van der Waals surface area contributed by atoms with Gasteiger partial charge in [0.15, 0.2) is 11.5 Å². The number of alkyl halides is 4. The Labute approximate surface area is 211 Å². The van der Waals surface area contributed by atoms with Crippen LogP contribution in [0.3, 0.4) is 0 Å². The second-order valence-corrected chi connectivity index (χ2v) is 9.97. The molecule has 0 amide bonds. The summed E-state index contributed by atoms with van der Waals surface area (Å²) in [5.41, 5.74) is 0.815. The Morgan fingerprint density at radius 3 is 2.43 bits per heavy atom. The van der Waals surface area contributed by atoms with Crippen molar-refractivity contribution in [3.63, 3.8) is 0 Å². The van der Waals surface area contributed by atoms with Gasteiger partial charge in [0.1, 0.15) is 11.6 Å². The third-order valence-electron chi connectivity index (χ3n) is 7.31. The molecule has 1 N–H and O–H groups in total. The van der Waals surface area contributed by atoms with Crippen LogP contribution >= 0.6 is 0 Å². The van der Waals surface area contributed by atoms with Crippen LogP contribution in [-0.2, 0) is 6.42 Å². The molecule has 0 bridgehead atoms. The Hall–Kier alpha value is -2.66. The quantitative estimate of drug-likeness (QED) is 0.484. The number of likely N-dealkylation sites (tertiary alicyclic amines) is 1. The van der Waals surface area contributed by atoms with Crippen LogP contribution in [0.25, 0.3) is 0 Å². The number of anilines is 1. The molecule has 3 heterocycles. The highest BCUT2D eigenvalue weighted by Gasteiger charge is 2.43. The predicted molar refractivity (Wildman–Crippen MR) is 126 cm³/mol. The Morgan fingerprint density at radius 2 is 1.76 bits per heavy atom. The van der Waals surface area contributed by atoms with Gasteiger partial charge < -0.3 is 19.7 Å². The van der Waals surface area contributed by atoms with Gasteiger partial charge in [0.25, 0.3) is 0 Å². The van der Waals surface area contributed by atoms with E-state index in [0.717, 1.165) is 30.0 Å². The van der Waals surface area contributed by atoms with Crippen LogP contribution in [0.1, 0.15) is 42.5 Å². The van der Waals surface area contributed by atoms with Crippen molar-refractivity contribution in [3.8, 4) is 11.5 Å². The summed E-state index contributed by atoms with van der Waals surface area (Å²) in [7, 11) is 0. The number of fused-ring (bicyclic) bond motifs is 2. The fourth-order valence-electron chi connectivity index (χ4n) is 5.68. The SMILES string of the molecule is C[C@@H]1Cc2cc3c(cc2[C@@H](c2c(F)cc(NC4CCN(CCCF)C4)cc2F)N1CC(F)(F)F)OCO3. The van der Waals surface area contributed by atoms with E-state index in [1.165, 1.54) is 6.07 Å². The van der Waals surface area contributed by atoms with Crippen LogP contribution in [0.15, 0.2) is 24.3 Å². The van der Waals surface area contributed by atoms with Gasteiger partial charge in [0, 0.05) is 43.0 Å². The molecule has 0 aromatic heterocycles. The Kier molecular flexibility index (Phi) is 7.19. The first-order chi connectivity index (χ1) is 17.6. The average molecular weight is 530 g/mol. The molecule has 1 unspecified atom stereocenters. The lowest BCUT2D eigenvalue weighted by Crippen LogP contribution is -2.47. The van der Waals surface area contributed by atoms with Crippen LogP contribution in [0, 0.1) is 11.6 Å². The summed E-state index contributed by atoms with van der Waals surface area (Å²) >= 11 is 0. The molecule has 37 heavy (non-hydrogen) atoms. The first-order valence-corrected chi connectivity index (χ1v) is 12.4. The highest BCUT2D eigenvalue weighted by atomic mass is 19.4. The normalized spacial score (nSPS) is 23.9. The molecule has 0 spiro atoms. The van der Waals surface area contributed by atoms with Crippen LogP contribution in [0.4, 0.5) is 32.0 Å². The molecule has 3 aliphatic rings. The van der Waals surface area contributed by atoms with Gasteiger partial charge in [-0.25, -0.2) is 8.78 Å². The lowest BCUT2D eigenvalue weighted by atomic mass is 9.84. The minimum atomic E-state index is -4.56. The van der Waals surface area contributed by atoms with E-state index >= 15 is 8.78 Å². The highest BCUT2D eigenvalue weighted by Crippen LogP contribution is 2.46. The van der Waals surface area contributed by atoms with Gasteiger partial charge in [-0.3, -0.25) is 9.29 Å². The summed E-state index contributed by atoms with van der Waals surface area (Å²) in [6, 6.07) is 3.50. The van der Waals surface area contributed by atoms with Gasteiger partial charge in [-0.2, -0.15) is 13.2 Å². The van der Waals surface area contributed by atoms with E-state index in [1.54, 1.807) is 13.0 Å². The van der Waals surface area contributed by atoms with Crippen LogP contribution in [0.2, 0.25) is 0 Å². The van der Waals surface area contributed by atoms with Crippen molar-refractivity contribution in [2.75, 3.05) is 45.0 Å². The van der Waals surface area contributed by atoms with Crippen LogP contribution in [-0.4, -0.2) is 67.7 Å². The number of nitrogens with zero attached hydrogens (tertiary/aromatic N) is 2. The Bertz CT molecular complexity index is 1120. The summed E-state index contributed by atoms with van der Waals surface area (Å²) in [4.78, 5) is 3.18. The molecule has 0 aliphatic carbocycles. The van der Waals surface area contributed by atoms with Crippen molar-refractivity contribution in [3.05, 3.63) is 52.6 Å². The second kappa shape index (κ2) is 10.2. The van der Waals surface area contributed by atoms with Gasteiger partial charge in [0.05, 0.1) is 19.3 Å². The summed E-state index contributed by atoms with van der Waals surface area (Å²) in [6.07, 6.45) is -3.13. The highest BCUT2D eigenvalue weighted by molar-refractivity contribution is 5.55. The first kappa shape index (κ1) is 26.0. The molecule has 1 fully saturated rings. The maximum atomic E-state index is 15.6. The smallest absolute Gasteiger partial charge is 0.401 e. The molecule has 5 nitrogen and oxygen atoms in total. The first-order valence-electron chi connectivity index (χ1n) is 12.4. The van der Waals surface area contributed by atoms with E-state index in [9.17, 15) is 17.6 Å². The van der Waals surface area contributed by atoms with E-state index in [2.05, 4.69) is 10.2 Å². The lowest BCUT2D eigenvalue weighted by Gasteiger charge is -2.42. The molecular formula is C26H29F6N3O2. The number of hydrogen-bond acceptors (Lipinski definition) is 5. The van der Waals surface area contributed by atoms with Gasteiger partial charge in [-0.05, 0) is 61.6 Å². The van der Waals surface area contributed by atoms with Gasteiger partial charge in [-0.1, -0.05) is 0 Å². The third-order valence-corrected chi connectivity index (χ3v) is 7.31. The lowest BCUT2D eigenvalue weighted by molar-refractivity contribution is -0.155. The average Bonchev–Trinajstić information content (AvgIpc) is 3.46. The number of nitrogens with one attached hydrogen (secondary N) is 1. The molecular weight excluding hydrogens is 500 g/mol. The molecule has 5 rings (SSSR count). The number of ether oxygens (including phenoxy) is 2. The minimum Gasteiger partial charge on any atom is -0.454 e. The van der Waals surface area contributed by atoms with E-state index in [0.29, 0.717) is 42.1 Å². The number of rotatable bonds is 7. The maximum Gasteiger partial charge on any atom is 0.401 e. The zero-order chi connectivity index (χ0) is 26.3. The summed E-state index contributed by atoms with van der Waals surface area (Å²) in [5.74, 6) is -1.05. The van der Waals surface area contributed by atoms with E-state index < -0.39 is 48.7 Å². The third kappa shape index (κ3) is 5.47. The fraction of sp³-hybridized carbons (Fsp3) is 0.538. The van der Waals surface area contributed by atoms with Gasteiger partial charge in [0.2, 0.25) is 6.79 Å².